The summed E-state index contributed by atoms with van der Waals surface area (Å²) in [6, 6.07) is 18.5. The number of benzene rings is 3. The number of rotatable bonds is 9. The van der Waals surface area contributed by atoms with Crippen molar-refractivity contribution in [3.8, 4) is 11.5 Å². The molecule has 0 aliphatic carbocycles. The van der Waals surface area contributed by atoms with E-state index in [1.54, 1.807) is 29.2 Å². The molecule has 1 aliphatic rings. The van der Waals surface area contributed by atoms with Crippen LogP contribution in [-0.4, -0.2) is 31.6 Å². The van der Waals surface area contributed by atoms with Gasteiger partial charge in [-0.25, -0.2) is 0 Å². The number of ether oxygens (including phenoxy) is 2. The van der Waals surface area contributed by atoms with Gasteiger partial charge in [0, 0.05) is 34.9 Å². The molecule has 0 aromatic heterocycles. The van der Waals surface area contributed by atoms with Crippen LogP contribution in [0.3, 0.4) is 0 Å². The van der Waals surface area contributed by atoms with Crippen molar-refractivity contribution in [3.05, 3.63) is 87.9 Å². The fourth-order valence-corrected chi connectivity index (χ4v) is 4.36. The molecule has 1 heterocycles. The van der Waals surface area contributed by atoms with E-state index in [1.165, 1.54) is 0 Å². The van der Waals surface area contributed by atoms with Crippen LogP contribution in [0.5, 0.6) is 11.5 Å². The number of fused-ring (bicyclic) bond motifs is 1. The molecule has 0 saturated heterocycles. The first-order valence-corrected chi connectivity index (χ1v) is 12.2. The highest BCUT2D eigenvalue weighted by atomic mass is 35.5. The van der Waals surface area contributed by atoms with Crippen molar-refractivity contribution in [2.24, 2.45) is 0 Å². The zero-order valence-electron chi connectivity index (χ0n) is 20.0. The van der Waals surface area contributed by atoms with Crippen LogP contribution in [0, 0.1) is 0 Å². The fourth-order valence-electron chi connectivity index (χ4n) is 4.24. The summed E-state index contributed by atoms with van der Waals surface area (Å²) >= 11 is 5.95. The van der Waals surface area contributed by atoms with Gasteiger partial charge in [0.05, 0.1) is 19.6 Å². The van der Waals surface area contributed by atoms with Crippen LogP contribution in [-0.2, 0) is 24.2 Å². The first-order valence-electron chi connectivity index (χ1n) is 11.8. The Hall–Kier alpha value is -3.51. The average molecular weight is 493 g/mol. The first-order chi connectivity index (χ1) is 17.0. The number of carbonyl (C=O) groups excluding carboxylic acids is 2. The van der Waals surface area contributed by atoms with Gasteiger partial charge in [-0.1, -0.05) is 35.9 Å². The normalized spacial score (nSPS) is 12.3. The maximum atomic E-state index is 12.9. The number of nitrogens with zero attached hydrogens (tertiary/aromatic N) is 1. The van der Waals surface area contributed by atoms with Crippen LogP contribution in [0.25, 0.3) is 0 Å². The molecule has 0 radical (unpaired) electrons. The topological polar surface area (TPSA) is 67.9 Å². The predicted octanol–water partition coefficient (Wildman–Crippen LogP) is 5.20. The van der Waals surface area contributed by atoms with E-state index < -0.39 is 0 Å². The second-order valence-corrected chi connectivity index (χ2v) is 8.68. The molecule has 7 heteroatoms. The van der Waals surface area contributed by atoms with Crippen molar-refractivity contribution in [1.82, 2.24) is 5.32 Å². The molecule has 6 nitrogen and oxygen atoms in total. The number of anilines is 1. The van der Waals surface area contributed by atoms with Crippen molar-refractivity contribution in [2.75, 3.05) is 24.7 Å². The second kappa shape index (κ2) is 11.3. The second-order valence-electron chi connectivity index (χ2n) is 8.24. The molecule has 0 bridgehead atoms. The molecule has 0 atom stereocenters. The minimum atomic E-state index is -0.0976. The third-order valence-corrected chi connectivity index (χ3v) is 6.12. The van der Waals surface area contributed by atoms with Gasteiger partial charge in [0.2, 0.25) is 5.91 Å². The van der Waals surface area contributed by atoms with Crippen LogP contribution in [0.4, 0.5) is 5.69 Å². The highest BCUT2D eigenvalue weighted by molar-refractivity contribution is 6.30. The molecular formula is C28H29ClN2O4. The maximum Gasteiger partial charge on any atom is 0.258 e. The lowest BCUT2D eigenvalue weighted by Gasteiger charge is -2.18. The highest BCUT2D eigenvalue weighted by Gasteiger charge is 2.25. The molecule has 3 aromatic rings. The van der Waals surface area contributed by atoms with Gasteiger partial charge in [-0.15, -0.1) is 0 Å². The summed E-state index contributed by atoms with van der Waals surface area (Å²) in [5.74, 6) is 1.13. The van der Waals surface area contributed by atoms with E-state index in [-0.39, 0.29) is 18.2 Å². The van der Waals surface area contributed by atoms with Gasteiger partial charge < -0.3 is 19.7 Å². The molecule has 1 aliphatic heterocycles. The van der Waals surface area contributed by atoms with Crippen LogP contribution in [0.2, 0.25) is 5.02 Å². The Morgan fingerprint density at radius 1 is 1.00 bits per heavy atom. The zero-order valence-corrected chi connectivity index (χ0v) is 20.7. The van der Waals surface area contributed by atoms with Crippen molar-refractivity contribution >= 4 is 29.1 Å². The van der Waals surface area contributed by atoms with Gasteiger partial charge in [0.15, 0.2) is 11.5 Å². The Bertz CT molecular complexity index is 1210. The molecule has 2 amide bonds. The van der Waals surface area contributed by atoms with Gasteiger partial charge in [0.1, 0.15) is 0 Å². The highest BCUT2D eigenvalue weighted by Crippen LogP contribution is 2.32. The summed E-state index contributed by atoms with van der Waals surface area (Å²) in [6.45, 7) is 5.88. The number of hydrogen-bond donors (Lipinski definition) is 1. The lowest BCUT2D eigenvalue weighted by Crippen LogP contribution is -2.28. The summed E-state index contributed by atoms with van der Waals surface area (Å²) in [7, 11) is 0. The lowest BCUT2D eigenvalue weighted by molar-refractivity contribution is -0.120. The summed E-state index contributed by atoms with van der Waals surface area (Å²) in [6.07, 6.45) is 0.975. The van der Waals surface area contributed by atoms with Gasteiger partial charge >= 0.3 is 0 Å². The third-order valence-electron chi connectivity index (χ3n) is 5.87. The molecule has 4 rings (SSSR count). The number of carbonyl (C=O) groups is 2. The van der Waals surface area contributed by atoms with Crippen LogP contribution in [0.15, 0.2) is 60.7 Å². The summed E-state index contributed by atoms with van der Waals surface area (Å²) < 4.78 is 11.4. The molecule has 1 N–H and O–H groups in total. The number of para-hydroxylation sites is 1. The molecule has 35 heavy (non-hydrogen) atoms. The van der Waals surface area contributed by atoms with Crippen molar-refractivity contribution in [1.29, 1.82) is 0 Å². The molecular weight excluding hydrogens is 464 g/mol. The Balaban J connectivity index is 1.39. The Kier molecular flexibility index (Phi) is 7.93. The van der Waals surface area contributed by atoms with E-state index in [4.69, 9.17) is 21.1 Å². The van der Waals surface area contributed by atoms with Gasteiger partial charge in [0.25, 0.3) is 5.91 Å². The van der Waals surface area contributed by atoms with E-state index >= 15 is 0 Å². The fraction of sp³-hybridized carbons (Fsp3) is 0.286. The van der Waals surface area contributed by atoms with E-state index in [1.807, 2.05) is 44.2 Å². The molecule has 182 valence electrons. The largest absolute Gasteiger partial charge is 0.490 e. The van der Waals surface area contributed by atoms with Crippen molar-refractivity contribution in [3.63, 3.8) is 0 Å². The molecule has 0 fully saturated rings. The van der Waals surface area contributed by atoms with Gasteiger partial charge in [-0.05, 0) is 67.8 Å². The lowest BCUT2D eigenvalue weighted by atomic mass is 10.1. The number of hydrogen-bond acceptors (Lipinski definition) is 4. The van der Waals surface area contributed by atoms with E-state index in [2.05, 4.69) is 11.4 Å². The standard InChI is InChI=1S/C28H29ClN2O4/c1-3-34-25-7-5-6-22(27(25)35-4-2)17-26(32)30-18-19-8-13-24-21(16-19)14-15-31(24)28(33)20-9-11-23(29)12-10-20/h5-13,16H,3-4,14-15,17-18H2,1-2H3,(H,30,32). The smallest absolute Gasteiger partial charge is 0.258 e. The summed E-state index contributed by atoms with van der Waals surface area (Å²) in [5, 5.41) is 3.60. The molecule has 3 aromatic carbocycles. The summed E-state index contributed by atoms with van der Waals surface area (Å²) in [5.41, 5.74) is 4.40. The van der Waals surface area contributed by atoms with Crippen molar-refractivity contribution in [2.45, 2.75) is 33.2 Å². The third kappa shape index (κ3) is 5.77. The molecule has 0 unspecified atom stereocenters. The minimum absolute atomic E-state index is 0.0409. The molecule has 0 saturated carbocycles. The molecule has 0 spiro atoms. The van der Waals surface area contributed by atoms with Crippen LogP contribution >= 0.6 is 11.6 Å². The zero-order chi connectivity index (χ0) is 24.8. The van der Waals surface area contributed by atoms with Crippen LogP contribution < -0.4 is 19.7 Å². The van der Waals surface area contributed by atoms with Crippen LogP contribution in [0.1, 0.15) is 40.9 Å². The Morgan fingerprint density at radius 2 is 1.77 bits per heavy atom. The van der Waals surface area contributed by atoms with E-state index in [0.29, 0.717) is 48.4 Å². The SMILES string of the molecule is CCOc1cccc(CC(=O)NCc2ccc3c(c2)CCN3C(=O)c2ccc(Cl)cc2)c1OCC. The Morgan fingerprint density at radius 3 is 2.51 bits per heavy atom. The number of nitrogens with one attached hydrogen (secondary N) is 1. The van der Waals surface area contributed by atoms with Gasteiger partial charge in [-0.3, -0.25) is 9.59 Å². The van der Waals surface area contributed by atoms with Crippen molar-refractivity contribution < 1.29 is 19.1 Å². The minimum Gasteiger partial charge on any atom is -0.490 e. The number of amides is 2. The van der Waals surface area contributed by atoms with E-state index in [9.17, 15) is 9.59 Å². The van der Waals surface area contributed by atoms with Gasteiger partial charge in [-0.2, -0.15) is 0 Å². The average Bonchev–Trinajstić information content (AvgIpc) is 3.28. The monoisotopic (exact) mass is 492 g/mol. The predicted molar refractivity (Wildman–Crippen MR) is 138 cm³/mol. The first kappa shape index (κ1) is 24.6. The summed E-state index contributed by atoms with van der Waals surface area (Å²) in [4.78, 5) is 27.4. The van der Waals surface area contributed by atoms with E-state index in [0.717, 1.165) is 28.8 Å². The Labute approximate surface area is 210 Å². The number of halogens is 1. The quantitative estimate of drug-likeness (QED) is 0.446. The maximum absolute atomic E-state index is 12.9.